The normalized spacial score (nSPS) is 12.2. The summed E-state index contributed by atoms with van der Waals surface area (Å²) in [6, 6.07) is 7.97. The smallest absolute Gasteiger partial charge is 0.306 e. The number of methoxy groups -OCH3 is 1. The minimum absolute atomic E-state index is 0.166. The largest absolute Gasteiger partial charge is 0.469 e. The van der Waals surface area contributed by atoms with Gasteiger partial charge in [-0.05, 0) is 23.6 Å². The molecule has 0 heterocycles. The lowest BCUT2D eigenvalue weighted by Gasteiger charge is -2.09. The first-order valence-electron chi connectivity index (χ1n) is 4.45. The summed E-state index contributed by atoms with van der Waals surface area (Å²) >= 11 is 3.37. The summed E-state index contributed by atoms with van der Waals surface area (Å²) in [4.78, 5) is 11.0. The van der Waals surface area contributed by atoms with Crippen LogP contribution in [0.4, 0.5) is 0 Å². The first-order valence-corrected chi connectivity index (χ1v) is 5.25. The third-order valence-corrected chi connectivity index (χ3v) is 2.67. The summed E-state index contributed by atoms with van der Waals surface area (Å²) in [5.74, 6) is 0.0379. The average Bonchev–Trinajstić information content (AvgIpc) is 2.18. The second-order valence-corrected chi connectivity index (χ2v) is 4.15. The molecule has 0 saturated heterocycles. The highest BCUT2D eigenvalue weighted by Gasteiger charge is 2.10. The Morgan fingerprint density at radius 3 is 2.50 bits per heavy atom. The number of carbonyl (C=O) groups is 1. The van der Waals surface area contributed by atoms with E-state index in [1.165, 1.54) is 7.11 Å². The van der Waals surface area contributed by atoms with E-state index in [2.05, 4.69) is 20.7 Å². The number of carbonyl (C=O) groups excluding carboxylic acids is 1. The standard InChI is InChI=1S/C11H13BrO2/c1-8(7-11(13)14-2)9-3-5-10(12)6-4-9/h3-6,8H,7H2,1-2H3/t8-/m0/s1. The van der Waals surface area contributed by atoms with E-state index in [1.54, 1.807) is 0 Å². The molecule has 1 aromatic rings. The Balaban J connectivity index is 2.65. The highest BCUT2D eigenvalue weighted by molar-refractivity contribution is 9.10. The van der Waals surface area contributed by atoms with Crippen LogP contribution >= 0.6 is 15.9 Å². The van der Waals surface area contributed by atoms with Crippen LogP contribution in [0.15, 0.2) is 28.7 Å². The zero-order valence-corrected chi connectivity index (χ0v) is 9.87. The fraction of sp³-hybridized carbons (Fsp3) is 0.364. The minimum Gasteiger partial charge on any atom is -0.469 e. The number of rotatable bonds is 3. The van der Waals surface area contributed by atoms with Gasteiger partial charge in [-0.1, -0.05) is 35.0 Å². The van der Waals surface area contributed by atoms with Gasteiger partial charge in [-0.25, -0.2) is 0 Å². The Hall–Kier alpha value is -0.830. The highest BCUT2D eigenvalue weighted by Crippen LogP contribution is 2.21. The van der Waals surface area contributed by atoms with Crippen molar-refractivity contribution >= 4 is 21.9 Å². The molecule has 0 bridgehead atoms. The Kier molecular flexibility index (Phi) is 4.14. The fourth-order valence-corrected chi connectivity index (χ4v) is 1.51. The van der Waals surface area contributed by atoms with Crippen molar-refractivity contribution in [3.05, 3.63) is 34.3 Å². The molecule has 0 N–H and O–H groups in total. The lowest BCUT2D eigenvalue weighted by molar-refractivity contribution is -0.140. The summed E-state index contributed by atoms with van der Waals surface area (Å²) < 4.78 is 5.67. The number of esters is 1. The maximum absolute atomic E-state index is 11.0. The molecule has 0 radical (unpaired) electrons. The van der Waals surface area contributed by atoms with Crippen molar-refractivity contribution in [2.75, 3.05) is 7.11 Å². The second-order valence-electron chi connectivity index (χ2n) is 3.23. The van der Waals surface area contributed by atoms with Gasteiger partial charge in [0, 0.05) is 4.47 Å². The summed E-state index contributed by atoms with van der Waals surface area (Å²) in [5, 5.41) is 0. The zero-order chi connectivity index (χ0) is 10.6. The van der Waals surface area contributed by atoms with Crippen molar-refractivity contribution in [1.82, 2.24) is 0 Å². The van der Waals surface area contributed by atoms with Crippen LogP contribution in [0.2, 0.25) is 0 Å². The maximum atomic E-state index is 11.0. The van der Waals surface area contributed by atoms with Gasteiger partial charge < -0.3 is 4.74 Å². The molecule has 0 aliphatic heterocycles. The molecule has 0 unspecified atom stereocenters. The van der Waals surface area contributed by atoms with Gasteiger partial charge in [0.2, 0.25) is 0 Å². The van der Waals surface area contributed by atoms with Crippen molar-refractivity contribution in [2.45, 2.75) is 19.3 Å². The van der Waals surface area contributed by atoms with Crippen molar-refractivity contribution < 1.29 is 9.53 Å². The van der Waals surface area contributed by atoms with Crippen LogP contribution in [0.25, 0.3) is 0 Å². The van der Waals surface area contributed by atoms with Crippen LogP contribution < -0.4 is 0 Å². The van der Waals surface area contributed by atoms with E-state index >= 15 is 0 Å². The molecule has 0 aromatic heterocycles. The Morgan fingerprint density at radius 1 is 1.43 bits per heavy atom. The summed E-state index contributed by atoms with van der Waals surface area (Å²) in [5.41, 5.74) is 1.15. The molecular weight excluding hydrogens is 244 g/mol. The van der Waals surface area contributed by atoms with Gasteiger partial charge in [0.1, 0.15) is 0 Å². The van der Waals surface area contributed by atoms with Crippen LogP contribution in [0.3, 0.4) is 0 Å². The van der Waals surface area contributed by atoms with E-state index in [4.69, 9.17) is 0 Å². The summed E-state index contributed by atoms with van der Waals surface area (Å²) in [6.07, 6.45) is 0.429. The van der Waals surface area contributed by atoms with Crippen molar-refractivity contribution in [3.8, 4) is 0 Å². The lowest BCUT2D eigenvalue weighted by atomic mass is 9.98. The molecule has 0 aliphatic rings. The number of ether oxygens (including phenoxy) is 1. The van der Waals surface area contributed by atoms with Crippen molar-refractivity contribution in [3.63, 3.8) is 0 Å². The van der Waals surface area contributed by atoms with Gasteiger partial charge in [0.05, 0.1) is 13.5 Å². The van der Waals surface area contributed by atoms with Crippen molar-refractivity contribution in [2.24, 2.45) is 0 Å². The van der Waals surface area contributed by atoms with Crippen LogP contribution in [-0.2, 0) is 9.53 Å². The van der Waals surface area contributed by atoms with Gasteiger partial charge in [0.15, 0.2) is 0 Å². The SMILES string of the molecule is COC(=O)C[C@H](C)c1ccc(Br)cc1. The number of hydrogen-bond acceptors (Lipinski definition) is 2. The number of halogens is 1. The minimum atomic E-state index is -0.166. The van der Waals surface area contributed by atoms with Crippen LogP contribution in [0, 0.1) is 0 Å². The maximum Gasteiger partial charge on any atom is 0.306 e. The summed E-state index contributed by atoms with van der Waals surface area (Å²) in [7, 11) is 1.41. The molecule has 0 aliphatic carbocycles. The summed E-state index contributed by atoms with van der Waals surface area (Å²) in [6.45, 7) is 2.01. The quantitative estimate of drug-likeness (QED) is 0.777. The molecule has 0 fully saturated rings. The third-order valence-electron chi connectivity index (χ3n) is 2.14. The van der Waals surface area contributed by atoms with Crippen molar-refractivity contribution in [1.29, 1.82) is 0 Å². The van der Waals surface area contributed by atoms with Crippen LogP contribution in [-0.4, -0.2) is 13.1 Å². The molecular formula is C11H13BrO2. The molecule has 1 rings (SSSR count). The molecule has 0 spiro atoms. The van der Waals surface area contributed by atoms with E-state index in [9.17, 15) is 4.79 Å². The zero-order valence-electron chi connectivity index (χ0n) is 8.29. The highest BCUT2D eigenvalue weighted by atomic mass is 79.9. The fourth-order valence-electron chi connectivity index (χ4n) is 1.24. The van der Waals surface area contributed by atoms with E-state index in [0.29, 0.717) is 6.42 Å². The van der Waals surface area contributed by atoms with Gasteiger partial charge in [-0.2, -0.15) is 0 Å². The van der Waals surface area contributed by atoms with E-state index in [0.717, 1.165) is 10.0 Å². The predicted molar refractivity (Wildman–Crippen MR) is 59.2 cm³/mol. The average molecular weight is 257 g/mol. The van der Waals surface area contributed by atoms with Gasteiger partial charge in [-0.3, -0.25) is 4.79 Å². The Morgan fingerprint density at radius 2 is 2.00 bits per heavy atom. The number of hydrogen-bond donors (Lipinski definition) is 0. The molecule has 0 amide bonds. The molecule has 14 heavy (non-hydrogen) atoms. The number of benzene rings is 1. The van der Waals surface area contributed by atoms with E-state index in [1.807, 2.05) is 31.2 Å². The van der Waals surface area contributed by atoms with Gasteiger partial charge in [0.25, 0.3) is 0 Å². The van der Waals surface area contributed by atoms with Crippen LogP contribution in [0.5, 0.6) is 0 Å². The van der Waals surface area contributed by atoms with E-state index < -0.39 is 0 Å². The second kappa shape index (κ2) is 5.15. The topological polar surface area (TPSA) is 26.3 Å². The third kappa shape index (κ3) is 3.14. The van der Waals surface area contributed by atoms with Gasteiger partial charge in [-0.15, -0.1) is 0 Å². The lowest BCUT2D eigenvalue weighted by Crippen LogP contribution is -2.05. The molecule has 1 aromatic carbocycles. The predicted octanol–water partition coefficient (Wildman–Crippen LogP) is 3.12. The Labute approximate surface area is 92.4 Å². The molecule has 1 atom stereocenters. The van der Waals surface area contributed by atoms with Gasteiger partial charge >= 0.3 is 5.97 Å². The monoisotopic (exact) mass is 256 g/mol. The molecule has 2 nitrogen and oxygen atoms in total. The van der Waals surface area contributed by atoms with E-state index in [-0.39, 0.29) is 11.9 Å². The molecule has 76 valence electrons. The molecule has 3 heteroatoms. The Bertz CT molecular complexity index is 306. The molecule has 0 saturated carbocycles. The first kappa shape index (κ1) is 11.2. The first-order chi connectivity index (χ1) is 6.63. The van der Waals surface area contributed by atoms with Crippen LogP contribution in [0.1, 0.15) is 24.8 Å².